The van der Waals surface area contributed by atoms with Gasteiger partial charge in [-0.2, -0.15) is 0 Å². The number of hydrogen-bond donors (Lipinski definition) is 1. The second kappa shape index (κ2) is 6.04. The first-order valence-corrected chi connectivity index (χ1v) is 6.24. The van der Waals surface area contributed by atoms with E-state index in [1.54, 1.807) is 7.11 Å². The molecule has 0 heterocycles. The molecule has 0 bridgehead atoms. The molecule has 1 atom stereocenters. The van der Waals surface area contributed by atoms with E-state index in [1.165, 1.54) is 18.2 Å². The minimum atomic E-state index is -0.801. The van der Waals surface area contributed by atoms with Crippen LogP contribution in [-0.2, 0) is 6.42 Å². The molecule has 0 aromatic heterocycles. The lowest BCUT2D eigenvalue weighted by molar-refractivity contribution is 0.177. The molecule has 0 saturated heterocycles. The molecule has 1 unspecified atom stereocenters. The summed E-state index contributed by atoms with van der Waals surface area (Å²) in [6.07, 6.45) is -0.445. The number of aliphatic hydroxyl groups is 1. The number of ether oxygens (including phenoxy) is 1. The van der Waals surface area contributed by atoms with Crippen molar-refractivity contribution in [3.05, 3.63) is 64.4 Å². The summed E-state index contributed by atoms with van der Waals surface area (Å²) in [5.41, 5.74) is 1.38. The molecule has 0 amide bonds. The van der Waals surface area contributed by atoms with E-state index in [2.05, 4.69) is 0 Å². The van der Waals surface area contributed by atoms with Crippen LogP contribution in [0.5, 0.6) is 5.75 Å². The standard InChI is InChI=1S/C15H14ClFO2/c1-19-15-5-3-2-4-10(15)8-14(18)12-7-6-11(17)9-13(12)16/h2-7,9,14,18H,8H2,1H3. The van der Waals surface area contributed by atoms with Crippen molar-refractivity contribution in [2.45, 2.75) is 12.5 Å². The van der Waals surface area contributed by atoms with Crippen molar-refractivity contribution >= 4 is 11.6 Å². The first kappa shape index (κ1) is 13.8. The first-order chi connectivity index (χ1) is 9.11. The van der Waals surface area contributed by atoms with Crippen LogP contribution in [-0.4, -0.2) is 12.2 Å². The number of para-hydroxylation sites is 1. The summed E-state index contributed by atoms with van der Waals surface area (Å²) < 4.78 is 18.2. The van der Waals surface area contributed by atoms with E-state index in [4.69, 9.17) is 16.3 Å². The third kappa shape index (κ3) is 3.25. The van der Waals surface area contributed by atoms with Crippen LogP contribution in [0.1, 0.15) is 17.2 Å². The quantitative estimate of drug-likeness (QED) is 0.924. The maximum Gasteiger partial charge on any atom is 0.124 e. The molecule has 0 fully saturated rings. The van der Waals surface area contributed by atoms with Crippen LogP contribution in [0.2, 0.25) is 5.02 Å². The molecule has 0 aliphatic rings. The average molecular weight is 281 g/mol. The Balaban J connectivity index is 2.23. The zero-order valence-corrected chi connectivity index (χ0v) is 11.2. The number of methoxy groups -OCH3 is 1. The number of rotatable bonds is 4. The fraction of sp³-hybridized carbons (Fsp3) is 0.200. The van der Waals surface area contributed by atoms with E-state index >= 15 is 0 Å². The highest BCUT2D eigenvalue weighted by atomic mass is 35.5. The van der Waals surface area contributed by atoms with Gasteiger partial charge in [0.15, 0.2) is 0 Å². The molecular formula is C15H14ClFO2. The summed E-state index contributed by atoms with van der Waals surface area (Å²) in [6.45, 7) is 0. The molecule has 0 radical (unpaired) electrons. The molecule has 2 aromatic rings. The van der Waals surface area contributed by atoms with E-state index < -0.39 is 11.9 Å². The van der Waals surface area contributed by atoms with Gasteiger partial charge in [0.25, 0.3) is 0 Å². The fourth-order valence-electron chi connectivity index (χ4n) is 1.96. The van der Waals surface area contributed by atoms with Crippen molar-refractivity contribution in [3.8, 4) is 5.75 Å². The SMILES string of the molecule is COc1ccccc1CC(O)c1ccc(F)cc1Cl. The summed E-state index contributed by atoms with van der Waals surface area (Å²) >= 11 is 5.93. The summed E-state index contributed by atoms with van der Waals surface area (Å²) in [4.78, 5) is 0. The highest BCUT2D eigenvalue weighted by Gasteiger charge is 2.15. The van der Waals surface area contributed by atoms with Gasteiger partial charge < -0.3 is 9.84 Å². The lowest BCUT2D eigenvalue weighted by Crippen LogP contribution is -2.04. The molecule has 1 N–H and O–H groups in total. The third-order valence-electron chi connectivity index (χ3n) is 2.93. The van der Waals surface area contributed by atoms with Gasteiger partial charge in [0.05, 0.1) is 13.2 Å². The number of benzene rings is 2. The predicted octanol–water partition coefficient (Wildman–Crippen LogP) is 3.76. The zero-order chi connectivity index (χ0) is 13.8. The monoisotopic (exact) mass is 280 g/mol. The van der Waals surface area contributed by atoms with Crippen molar-refractivity contribution in [1.29, 1.82) is 0 Å². The van der Waals surface area contributed by atoms with Crippen molar-refractivity contribution in [2.75, 3.05) is 7.11 Å². The van der Waals surface area contributed by atoms with E-state index in [0.29, 0.717) is 17.7 Å². The second-order valence-corrected chi connectivity index (χ2v) is 4.60. The Labute approximate surface area is 116 Å². The Morgan fingerprint density at radius 2 is 2.00 bits per heavy atom. The van der Waals surface area contributed by atoms with E-state index in [0.717, 1.165) is 5.56 Å². The van der Waals surface area contributed by atoms with Crippen LogP contribution in [0.25, 0.3) is 0 Å². The molecular weight excluding hydrogens is 267 g/mol. The maximum absolute atomic E-state index is 13.0. The summed E-state index contributed by atoms with van der Waals surface area (Å²) in [6, 6.07) is 11.4. The molecule has 4 heteroatoms. The lowest BCUT2D eigenvalue weighted by Gasteiger charge is -2.15. The number of hydrogen-bond acceptors (Lipinski definition) is 2. The summed E-state index contributed by atoms with van der Waals surface area (Å²) in [7, 11) is 1.58. The smallest absolute Gasteiger partial charge is 0.124 e. The van der Waals surface area contributed by atoms with Gasteiger partial charge in [-0.05, 0) is 29.3 Å². The average Bonchev–Trinajstić information content (AvgIpc) is 2.39. The van der Waals surface area contributed by atoms with Crippen molar-refractivity contribution in [3.63, 3.8) is 0 Å². The van der Waals surface area contributed by atoms with E-state index in [9.17, 15) is 9.50 Å². The molecule has 0 spiro atoms. The summed E-state index contributed by atoms with van der Waals surface area (Å²) in [5, 5.41) is 10.4. The molecule has 0 aliphatic heterocycles. The molecule has 2 aromatic carbocycles. The van der Waals surface area contributed by atoms with Crippen LogP contribution in [0.15, 0.2) is 42.5 Å². The second-order valence-electron chi connectivity index (χ2n) is 4.20. The van der Waals surface area contributed by atoms with E-state index in [-0.39, 0.29) is 5.02 Å². The zero-order valence-electron chi connectivity index (χ0n) is 10.4. The highest BCUT2D eigenvalue weighted by molar-refractivity contribution is 6.31. The lowest BCUT2D eigenvalue weighted by atomic mass is 10.0. The minimum absolute atomic E-state index is 0.224. The normalized spacial score (nSPS) is 12.2. The number of halogens is 2. The van der Waals surface area contributed by atoms with Crippen LogP contribution < -0.4 is 4.74 Å². The molecule has 100 valence electrons. The van der Waals surface area contributed by atoms with Crippen LogP contribution in [0.4, 0.5) is 4.39 Å². The van der Waals surface area contributed by atoms with Crippen molar-refractivity contribution < 1.29 is 14.2 Å². The predicted molar refractivity (Wildman–Crippen MR) is 73.1 cm³/mol. The first-order valence-electron chi connectivity index (χ1n) is 5.86. The van der Waals surface area contributed by atoms with Gasteiger partial charge in [0.2, 0.25) is 0 Å². The largest absolute Gasteiger partial charge is 0.496 e. The van der Waals surface area contributed by atoms with E-state index in [1.807, 2.05) is 24.3 Å². The Bertz CT molecular complexity index is 572. The Morgan fingerprint density at radius 3 is 2.68 bits per heavy atom. The van der Waals surface area contributed by atoms with Crippen LogP contribution in [0, 0.1) is 5.82 Å². The molecule has 2 rings (SSSR count). The summed E-state index contributed by atoms with van der Waals surface area (Å²) in [5.74, 6) is 0.290. The van der Waals surface area contributed by atoms with Gasteiger partial charge >= 0.3 is 0 Å². The van der Waals surface area contributed by atoms with Gasteiger partial charge in [-0.25, -0.2) is 4.39 Å². The highest BCUT2D eigenvalue weighted by Crippen LogP contribution is 2.29. The third-order valence-corrected chi connectivity index (χ3v) is 3.25. The van der Waals surface area contributed by atoms with Gasteiger partial charge in [-0.3, -0.25) is 0 Å². The van der Waals surface area contributed by atoms with Crippen LogP contribution >= 0.6 is 11.6 Å². The van der Waals surface area contributed by atoms with Crippen LogP contribution in [0.3, 0.4) is 0 Å². The van der Waals surface area contributed by atoms with Gasteiger partial charge in [0.1, 0.15) is 11.6 Å². The fourth-order valence-corrected chi connectivity index (χ4v) is 2.25. The number of aliphatic hydroxyl groups excluding tert-OH is 1. The molecule has 0 saturated carbocycles. The topological polar surface area (TPSA) is 29.5 Å². The van der Waals surface area contributed by atoms with Gasteiger partial charge in [0, 0.05) is 11.4 Å². The molecule has 0 aliphatic carbocycles. The molecule has 2 nitrogen and oxygen atoms in total. The Kier molecular flexibility index (Phi) is 4.40. The Hall–Kier alpha value is -1.58. The van der Waals surface area contributed by atoms with Gasteiger partial charge in [-0.1, -0.05) is 35.9 Å². The minimum Gasteiger partial charge on any atom is -0.496 e. The maximum atomic E-state index is 13.0. The van der Waals surface area contributed by atoms with Gasteiger partial charge in [-0.15, -0.1) is 0 Å². The Morgan fingerprint density at radius 1 is 1.26 bits per heavy atom. The van der Waals surface area contributed by atoms with Crippen molar-refractivity contribution in [2.24, 2.45) is 0 Å². The van der Waals surface area contributed by atoms with Crippen molar-refractivity contribution in [1.82, 2.24) is 0 Å². The molecule has 19 heavy (non-hydrogen) atoms.